The second-order valence-corrected chi connectivity index (χ2v) is 14.6. The molecule has 2 nitrogen and oxygen atoms in total. The minimum Gasteiger partial charge on any atom is -0.491 e. The summed E-state index contributed by atoms with van der Waals surface area (Å²) in [6.45, 7) is 12.3. The van der Waals surface area contributed by atoms with Gasteiger partial charge in [-0.15, -0.1) is 0 Å². The standard InChI is InChI=1S/C30H32O2Si/c1-20(2)22-14-15-25-23-11-7-6-10-21(23)18-27(25)30(22)28-19-29(26-13-9-8-12-24(26)28)31-16-17-32-33(3,4)5/h6-15,18-19,28H,16-17H2,1-5H3. The molecule has 1 atom stereocenters. The van der Waals surface area contributed by atoms with E-state index < -0.39 is 8.32 Å². The molecule has 3 aromatic rings. The van der Waals surface area contributed by atoms with Crippen LogP contribution in [0, 0.1) is 10.4 Å². The smallest absolute Gasteiger partial charge is 0.183 e. The van der Waals surface area contributed by atoms with Gasteiger partial charge in [0.15, 0.2) is 8.32 Å². The summed E-state index contributed by atoms with van der Waals surface area (Å²) in [5, 5.41) is 5.28. The summed E-state index contributed by atoms with van der Waals surface area (Å²) in [6.07, 6.45) is 4.68. The Kier molecular flexibility index (Phi) is 5.63. The van der Waals surface area contributed by atoms with E-state index in [1.165, 1.54) is 48.7 Å². The van der Waals surface area contributed by atoms with Gasteiger partial charge in [-0.05, 0) is 83.2 Å². The van der Waals surface area contributed by atoms with Gasteiger partial charge in [0.1, 0.15) is 12.4 Å². The SMILES string of the molecule is CC(C)=c1ccc2c(c1C1C=C(OCCO[Si](C)(C)C)c3ccccc31)C=c1ccccc1=2. The Morgan fingerprint density at radius 2 is 1.61 bits per heavy atom. The van der Waals surface area contributed by atoms with E-state index in [1.54, 1.807) is 0 Å². The van der Waals surface area contributed by atoms with E-state index in [2.05, 4.69) is 106 Å². The zero-order valence-electron chi connectivity index (χ0n) is 20.2. The van der Waals surface area contributed by atoms with E-state index in [4.69, 9.17) is 9.16 Å². The molecule has 5 rings (SSSR count). The number of rotatable bonds is 6. The van der Waals surface area contributed by atoms with Crippen molar-refractivity contribution in [2.24, 2.45) is 0 Å². The van der Waals surface area contributed by atoms with Gasteiger partial charge in [0.05, 0.1) is 6.61 Å². The fraction of sp³-hybridized carbons (Fsp3) is 0.267. The number of fused-ring (bicyclic) bond motifs is 3. The maximum absolute atomic E-state index is 6.30. The van der Waals surface area contributed by atoms with Gasteiger partial charge in [-0.1, -0.05) is 66.2 Å². The summed E-state index contributed by atoms with van der Waals surface area (Å²) in [5.41, 5.74) is 6.57. The molecule has 2 aliphatic rings. The average molecular weight is 453 g/mol. The fourth-order valence-electron chi connectivity index (χ4n) is 5.01. The van der Waals surface area contributed by atoms with Crippen molar-refractivity contribution in [3.63, 3.8) is 0 Å². The lowest BCUT2D eigenvalue weighted by atomic mass is 9.86. The van der Waals surface area contributed by atoms with Crippen LogP contribution in [0.25, 0.3) is 17.4 Å². The molecule has 0 radical (unpaired) electrons. The second-order valence-electron chi connectivity index (χ2n) is 10.1. The van der Waals surface area contributed by atoms with Crippen molar-refractivity contribution in [3.8, 4) is 0 Å². The Labute approximate surface area is 197 Å². The van der Waals surface area contributed by atoms with Crippen LogP contribution >= 0.6 is 0 Å². The third-order valence-electron chi connectivity index (χ3n) is 6.44. The Balaban J connectivity index is 1.63. The van der Waals surface area contributed by atoms with Crippen LogP contribution in [0.5, 0.6) is 0 Å². The molecule has 3 heteroatoms. The number of benzene rings is 3. The lowest BCUT2D eigenvalue weighted by Gasteiger charge is -2.17. The van der Waals surface area contributed by atoms with Crippen LogP contribution in [-0.4, -0.2) is 21.5 Å². The molecule has 0 bridgehead atoms. The molecule has 0 N–H and O–H groups in total. The molecule has 168 valence electrons. The lowest BCUT2D eigenvalue weighted by molar-refractivity contribution is 0.191. The van der Waals surface area contributed by atoms with Gasteiger partial charge < -0.3 is 9.16 Å². The Hall–Kier alpha value is -2.88. The summed E-state index contributed by atoms with van der Waals surface area (Å²) in [7, 11) is -1.54. The molecule has 0 aliphatic heterocycles. The van der Waals surface area contributed by atoms with E-state index in [0.29, 0.717) is 13.2 Å². The molecule has 0 fully saturated rings. The number of allylic oxidation sites excluding steroid dienone is 1. The molecule has 0 saturated carbocycles. The molecular formula is C30H32O2Si. The fourth-order valence-corrected chi connectivity index (χ4v) is 5.70. The number of hydrogen-bond acceptors (Lipinski definition) is 2. The van der Waals surface area contributed by atoms with Gasteiger partial charge >= 0.3 is 0 Å². The first-order valence-corrected chi connectivity index (χ1v) is 15.2. The number of hydrogen-bond donors (Lipinski definition) is 0. The lowest BCUT2D eigenvalue weighted by Crippen LogP contribution is -2.27. The van der Waals surface area contributed by atoms with Crippen molar-refractivity contribution >= 4 is 25.7 Å². The van der Waals surface area contributed by atoms with Crippen LogP contribution in [0.4, 0.5) is 0 Å². The quantitative estimate of drug-likeness (QED) is 0.278. The monoisotopic (exact) mass is 452 g/mol. The van der Waals surface area contributed by atoms with Crippen LogP contribution in [0.3, 0.4) is 0 Å². The summed E-state index contributed by atoms with van der Waals surface area (Å²) < 4.78 is 12.3. The predicted octanol–water partition coefficient (Wildman–Crippen LogP) is 5.66. The van der Waals surface area contributed by atoms with E-state index in [-0.39, 0.29) is 5.92 Å². The normalized spacial score (nSPS) is 15.9. The van der Waals surface area contributed by atoms with Gasteiger partial charge in [-0.3, -0.25) is 0 Å². The molecule has 0 heterocycles. The van der Waals surface area contributed by atoms with Gasteiger partial charge in [0.2, 0.25) is 0 Å². The zero-order chi connectivity index (χ0) is 23.2. The highest BCUT2D eigenvalue weighted by Gasteiger charge is 2.28. The summed E-state index contributed by atoms with van der Waals surface area (Å²) >= 11 is 0. The molecule has 2 aliphatic carbocycles. The third kappa shape index (κ3) is 4.12. The first kappa shape index (κ1) is 21.9. The molecule has 0 aromatic heterocycles. The van der Waals surface area contributed by atoms with Crippen LogP contribution in [0.1, 0.15) is 42.0 Å². The highest BCUT2D eigenvalue weighted by atomic mass is 28.4. The zero-order valence-corrected chi connectivity index (χ0v) is 21.2. The average Bonchev–Trinajstić information content (AvgIpc) is 3.34. The van der Waals surface area contributed by atoms with Crippen LogP contribution in [0.15, 0.2) is 66.7 Å². The molecule has 0 spiro atoms. The van der Waals surface area contributed by atoms with Crippen LogP contribution in [-0.2, 0) is 9.16 Å². The first-order valence-electron chi connectivity index (χ1n) is 11.8. The summed E-state index contributed by atoms with van der Waals surface area (Å²) in [5.74, 6) is 1.14. The Morgan fingerprint density at radius 1 is 0.848 bits per heavy atom. The van der Waals surface area contributed by atoms with Crippen molar-refractivity contribution in [3.05, 3.63) is 110 Å². The van der Waals surface area contributed by atoms with E-state index in [1.807, 2.05) is 0 Å². The first-order chi connectivity index (χ1) is 15.8. The highest BCUT2D eigenvalue weighted by molar-refractivity contribution is 6.69. The molecular weight excluding hydrogens is 420 g/mol. The third-order valence-corrected chi connectivity index (χ3v) is 7.51. The topological polar surface area (TPSA) is 18.5 Å². The molecule has 33 heavy (non-hydrogen) atoms. The van der Waals surface area contributed by atoms with Crippen molar-refractivity contribution in [2.75, 3.05) is 13.2 Å². The Bertz CT molecular complexity index is 1470. The molecule has 3 aromatic carbocycles. The second kappa shape index (κ2) is 8.47. The largest absolute Gasteiger partial charge is 0.491 e. The van der Waals surface area contributed by atoms with Crippen molar-refractivity contribution in [2.45, 2.75) is 39.4 Å². The Morgan fingerprint density at radius 3 is 2.39 bits per heavy atom. The highest BCUT2D eigenvalue weighted by Crippen LogP contribution is 2.41. The minimum atomic E-state index is -1.54. The van der Waals surface area contributed by atoms with Gasteiger partial charge in [0, 0.05) is 11.5 Å². The van der Waals surface area contributed by atoms with Crippen molar-refractivity contribution in [1.82, 2.24) is 0 Å². The van der Waals surface area contributed by atoms with Gasteiger partial charge in [-0.2, -0.15) is 0 Å². The number of ether oxygens (including phenoxy) is 1. The minimum absolute atomic E-state index is 0.166. The summed E-state index contributed by atoms with van der Waals surface area (Å²) in [4.78, 5) is 0. The molecule has 0 saturated heterocycles. The maximum atomic E-state index is 6.30. The molecule has 0 amide bonds. The molecule has 1 unspecified atom stereocenters. The maximum Gasteiger partial charge on any atom is 0.183 e. The van der Waals surface area contributed by atoms with Crippen LogP contribution in [0.2, 0.25) is 19.6 Å². The summed E-state index contributed by atoms with van der Waals surface area (Å²) in [6, 6.07) is 22.0. The van der Waals surface area contributed by atoms with E-state index in [9.17, 15) is 0 Å². The van der Waals surface area contributed by atoms with E-state index in [0.717, 1.165) is 5.76 Å². The van der Waals surface area contributed by atoms with Crippen LogP contribution < -0.4 is 10.4 Å². The van der Waals surface area contributed by atoms with Crippen molar-refractivity contribution in [1.29, 1.82) is 0 Å². The van der Waals surface area contributed by atoms with Crippen molar-refractivity contribution < 1.29 is 9.16 Å². The van der Waals surface area contributed by atoms with Gasteiger partial charge in [-0.25, -0.2) is 0 Å². The van der Waals surface area contributed by atoms with Gasteiger partial charge in [0.25, 0.3) is 0 Å². The predicted molar refractivity (Wildman–Crippen MR) is 140 cm³/mol. The van der Waals surface area contributed by atoms with E-state index >= 15 is 0 Å².